The van der Waals surface area contributed by atoms with Crippen molar-refractivity contribution in [1.82, 2.24) is 4.90 Å². The summed E-state index contributed by atoms with van der Waals surface area (Å²) in [5.41, 5.74) is 5.95. The summed E-state index contributed by atoms with van der Waals surface area (Å²) in [6.45, 7) is 5.77. The smallest absolute Gasteiger partial charge is 0.0132 e. The van der Waals surface area contributed by atoms with Gasteiger partial charge in [-0.25, -0.2) is 0 Å². The summed E-state index contributed by atoms with van der Waals surface area (Å²) in [6.07, 6.45) is 3.62. The summed E-state index contributed by atoms with van der Waals surface area (Å²) in [6, 6.07) is 1.17. The molecule has 1 rings (SSSR count). The minimum absolute atomic E-state index is 0.445. The molecule has 0 aromatic rings. The molecule has 1 saturated heterocycles. The van der Waals surface area contributed by atoms with Crippen LogP contribution in [0.15, 0.2) is 0 Å². The fourth-order valence-electron chi connectivity index (χ4n) is 2.08. The highest BCUT2D eigenvalue weighted by Gasteiger charge is 2.26. The zero-order chi connectivity index (χ0) is 9.14. The largest absolute Gasteiger partial charge is 0.328 e. The molecule has 2 N–H and O–H groups in total. The fourth-order valence-corrected chi connectivity index (χ4v) is 2.08. The number of nitrogens with two attached hydrogens (primary N) is 1. The van der Waals surface area contributed by atoms with Gasteiger partial charge in [-0.3, -0.25) is 0 Å². The van der Waals surface area contributed by atoms with Crippen LogP contribution in [0.4, 0.5) is 0 Å². The number of rotatable bonds is 2. The van der Waals surface area contributed by atoms with Crippen LogP contribution in [0.2, 0.25) is 0 Å². The van der Waals surface area contributed by atoms with Crippen molar-refractivity contribution >= 4 is 0 Å². The Balaban J connectivity index is 2.48. The average molecular weight is 170 g/mol. The van der Waals surface area contributed by atoms with Crippen LogP contribution in [0.3, 0.4) is 0 Å². The Morgan fingerprint density at radius 1 is 1.58 bits per heavy atom. The first kappa shape index (κ1) is 10.0. The highest BCUT2D eigenvalue weighted by molar-refractivity contribution is 4.84. The molecular formula is C10H22N2. The van der Waals surface area contributed by atoms with Crippen molar-refractivity contribution in [1.29, 1.82) is 0 Å². The van der Waals surface area contributed by atoms with Gasteiger partial charge in [0.1, 0.15) is 0 Å². The average Bonchev–Trinajstić information content (AvgIpc) is 2.08. The van der Waals surface area contributed by atoms with E-state index in [4.69, 9.17) is 5.73 Å². The third kappa shape index (κ3) is 2.20. The molecule has 2 heteroatoms. The van der Waals surface area contributed by atoms with E-state index in [-0.39, 0.29) is 0 Å². The molecule has 0 bridgehead atoms. The van der Waals surface area contributed by atoms with Gasteiger partial charge >= 0.3 is 0 Å². The standard InChI is InChI=1S/C10H22N2/c1-4-8(2)10-7-9(11)5-6-12(10)3/h8-10H,4-7,11H2,1-3H3. The lowest BCUT2D eigenvalue weighted by molar-refractivity contribution is 0.122. The number of hydrogen-bond donors (Lipinski definition) is 1. The second-order valence-electron chi connectivity index (χ2n) is 4.22. The first-order valence-corrected chi connectivity index (χ1v) is 5.11. The number of nitrogens with zero attached hydrogens (tertiary/aromatic N) is 1. The van der Waals surface area contributed by atoms with Gasteiger partial charge in [0.05, 0.1) is 0 Å². The molecule has 72 valence electrons. The van der Waals surface area contributed by atoms with E-state index in [1.165, 1.54) is 25.8 Å². The molecule has 0 amide bonds. The fraction of sp³-hybridized carbons (Fsp3) is 1.00. The van der Waals surface area contributed by atoms with Gasteiger partial charge in [0.2, 0.25) is 0 Å². The van der Waals surface area contributed by atoms with Crippen LogP contribution in [0, 0.1) is 5.92 Å². The molecule has 3 atom stereocenters. The van der Waals surface area contributed by atoms with Crippen LogP contribution < -0.4 is 5.73 Å². The summed E-state index contributed by atoms with van der Waals surface area (Å²) in [4.78, 5) is 2.47. The zero-order valence-corrected chi connectivity index (χ0v) is 8.59. The van der Waals surface area contributed by atoms with Gasteiger partial charge in [0.25, 0.3) is 0 Å². The third-order valence-corrected chi connectivity index (χ3v) is 3.26. The van der Waals surface area contributed by atoms with Crippen LogP contribution in [0.5, 0.6) is 0 Å². The molecule has 2 nitrogen and oxygen atoms in total. The van der Waals surface area contributed by atoms with Crippen LogP contribution in [-0.2, 0) is 0 Å². The SMILES string of the molecule is CCC(C)C1CC(N)CCN1C. The third-order valence-electron chi connectivity index (χ3n) is 3.26. The normalized spacial score (nSPS) is 35.0. The second-order valence-corrected chi connectivity index (χ2v) is 4.22. The van der Waals surface area contributed by atoms with Crippen molar-refractivity contribution in [3.63, 3.8) is 0 Å². The molecule has 0 aliphatic carbocycles. The maximum atomic E-state index is 5.95. The molecule has 0 spiro atoms. The van der Waals surface area contributed by atoms with Crippen LogP contribution in [0.1, 0.15) is 33.1 Å². The maximum absolute atomic E-state index is 5.95. The number of piperidine rings is 1. The van der Waals surface area contributed by atoms with Crippen molar-refractivity contribution in [3.05, 3.63) is 0 Å². The van der Waals surface area contributed by atoms with Crippen LogP contribution in [0.25, 0.3) is 0 Å². The lowest BCUT2D eigenvalue weighted by atomic mass is 9.88. The Hall–Kier alpha value is -0.0800. The quantitative estimate of drug-likeness (QED) is 0.679. The molecular weight excluding hydrogens is 148 g/mol. The van der Waals surface area contributed by atoms with E-state index in [9.17, 15) is 0 Å². The highest BCUT2D eigenvalue weighted by atomic mass is 15.1. The van der Waals surface area contributed by atoms with Gasteiger partial charge in [-0.15, -0.1) is 0 Å². The van der Waals surface area contributed by atoms with Crippen LogP contribution in [-0.4, -0.2) is 30.6 Å². The van der Waals surface area contributed by atoms with Gasteiger partial charge in [-0.2, -0.15) is 0 Å². The Labute approximate surface area is 76.1 Å². The van der Waals surface area contributed by atoms with E-state index in [0.717, 1.165) is 12.0 Å². The molecule has 12 heavy (non-hydrogen) atoms. The van der Waals surface area contributed by atoms with Gasteiger partial charge in [0, 0.05) is 12.1 Å². The molecule has 0 aromatic heterocycles. The van der Waals surface area contributed by atoms with Crippen molar-refractivity contribution in [3.8, 4) is 0 Å². The Morgan fingerprint density at radius 3 is 2.83 bits per heavy atom. The Kier molecular flexibility index (Phi) is 3.53. The Morgan fingerprint density at radius 2 is 2.25 bits per heavy atom. The summed E-state index contributed by atoms with van der Waals surface area (Å²) in [5, 5.41) is 0. The van der Waals surface area contributed by atoms with Crippen LogP contribution >= 0.6 is 0 Å². The number of hydrogen-bond acceptors (Lipinski definition) is 2. The lowest BCUT2D eigenvalue weighted by Crippen LogP contribution is -2.47. The monoisotopic (exact) mass is 170 g/mol. The molecule has 3 unspecified atom stereocenters. The van der Waals surface area contributed by atoms with Gasteiger partial charge < -0.3 is 10.6 Å². The summed E-state index contributed by atoms with van der Waals surface area (Å²) in [7, 11) is 2.22. The minimum Gasteiger partial charge on any atom is -0.328 e. The van der Waals surface area contributed by atoms with Crippen molar-refractivity contribution in [2.24, 2.45) is 11.7 Å². The van der Waals surface area contributed by atoms with E-state index >= 15 is 0 Å². The topological polar surface area (TPSA) is 29.3 Å². The molecule has 0 saturated carbocycles. The first-order chi connectivity index (χ1) is 5.65. The first-order valence-electron chi connectivity index (χ1n) is 5.11. The molecule has 0 radical (unpaired) electrons. The van der Waals surface area contributed by atoms with E-state index in [1.807, 2.05) is 0 Å². The van der Waals surface area contributed by atoms with Gasteiger partial charge in [-0.05, 0) is 32.4 Å². The van der Waals surface area contributed by atoms with Gasteiger partial charge in [-0.1, -0.05) is 20.3 Å². The van der Waals surface area contributed by atoms with E-state index in [2.05, 4.69) is 25.8 Å². The van der Waals surface area contributed by atoms with E-state index in [0.29, 0.717) is 6.04 Å². The predicted molar refractivity (Wildman–Crippen MR) is 53.1 cm³/mol. The second kappa shape index (κ2) is 4.24. The highest BCUT2D eigenvalue weighted by Crippen LogP contribution is 2.22. The molecule has 1 heterocycles. The minimum atomic E-state index is 0.445. The summed E-state index contributed by atoms with van der Waals surface area (Å²) < 4.78 is 0. The van der Waals surface area contributed by atoms with Crippen molar-refractivity contribution in [2.75, 3.05) is 13.6 Å². The Bertz CT molecular complexity index is 132. The zero-order valence-electron chi connectivity index (χ0n) is 8.59. The molecule has 1 aliphatic rings. The lowest BCUT2D eigenvalue weighted by Gasteiger charge is -2.39. The number of likely N-dealkylation sites (tertiary alicyclic amines) is 1. The van der Waals surface area contributed by atoms with Crippen molar-refractivity contribution in [2.45, 2.75) is 45.2 Å². The molecule has 1 aliphatic heterocycles. The summed E-state index contributed by atoms with van der Waals surface area (Å²) in [5.74, 6) is 0.793. The maximum Gasteiger partial charge on any atom is 0.0132 e. The predicted octanol–water partition coefficient (Wildman–Crippen LogP) is 1.45. The van der Waals surface area contributed by atoms with Crippen molar-refractivity contribution < 1.29 is 0 Å². The molecule has 1 fully saturated rings. The molecule has 0 aromatic carbocycles. The summed E-state index contributed by atoms with van der Waals surface area (Å²) >= 11 is 0. The van der Waals surface area contributed by atoms with E-state index < -0.39 is 0 Å². The van der Waals surface area contributed by atoms with E-state index in [1.54, 1.807) is 0 Å². The van der Waals surface area contributed by atoms with Gasteiger partial charge in [0.15, 0.2) is 0 Å².